The molecular weight excluding hydrogens is 262 g/mol. The lowest BCUT2D eigenvalue weighted by Gasteiger charge is -2.10. The highest BCUT2D eigenvalue weighted by molar-refractivity contribution is 5.20. The van der Waals surface area contributed by atoms with Crippen molar-refractivity contribution in [2.75, 3.05) is 6.54 Å². The van der Waals surface area contributed by atoms with Gasteiger partial charge in [-0.2, -0.15) is 5.10 Å². The minimum absolute atomic E-state index is 0.00288. The fraction of sp³-hybridized carbons (Fsp3) is 0.429. The van der Waals surface area contributed by atoms with Crippen LogP contribution >= 0.6 is 0 Å². The van der Waals surface area contributed by atoms with Crippen LogP contribution in [0.5, 0.6) is 0 Å². The minimum Gasteiger partial charge on any atom is -0.310 e. The number of benzene rings is 1. The van der Waals surface area contributed by atoms with Crippen LogP contribution in [0, 0.1) is 17.6 Å². The van der Waals surface area contributed by atoms with E-state index in [9.17, 15) is 8.78 Å². The summed E-state index contributed by atoms with van der Waals surface area (Å²) < 4.78 is 28.7. The lowest BCUT2D eigenvalue weighted by Crippen LogP contribution is -2.22. The van der Waals surface area contributed by atoms with Crippen molar-refractivity contribution in [1.29, 1.82) is 0 Å². The van der Waals surface area contributed by atoms with Gasteiger partial charge < -0.3 is 5.32 Å². The molecule has 20 heavy (non-hydrogen) atoms. The smallest absolute Gasteiger partial charge is 0.141 e. The molecule has 1 N–H and O–H groups in total. The molecular formula is C14H18F2N4. The Balaban J connectivity index is 2.09. The van der Waals surface area contributed by atoms with Gasteiger partial charge in [0.25, 0.3) is 0 Å². The fourth-order valence-electron chi connectivity index (χ4n) is 1.86. The Hall–Kier alpha value is -1.82. The van der Waals surface area contributed by atoms with Crippen LogP contribution in [0.4, 0.5) is 8.78 Å². The lowest BCUT2D eigenvalue weighted by molar-refractivity contribution is 0.503. The predicted molar refractivity (Wildman–Crippen MR) is 72.0 cm³/mol. The van der Waals surface area contributed by atoms with Crippen molar-refractivity contribution in [3.8, 4) is 0 Å². The molecule has 0 radical (unpaired) electrons. The van der Waals surface area contributed by atoms with Crippen molar-refractivity contribution < 1.29 is 8.78 Å². The van der Waals surface area contributed by atoms with Crippen LogP contribution in [0.1, 0.15) is 25.2 Å². The van der Waals surface area contributed by atoms with Gasteiger partial charge in [0.2, 0.25) is 0 Å². The molecule has 108 valence electrons. The van der Waals surface area contributed by atoms with Crippen molar-refractivity contribution in [3.63, 3.8) is 0 Å². The van der Waals surface area contributed by atoms with Crippen LogP contribution in [0.25, 0.3) is 0 Å². The fourth-order valence-corrected chi connectivity index (χ4v) is 1.86. The van der Waals surface area contributed by atoms with Gasteiger partial charge >= 0.3 is 0 Å². The monoisotopic (exact) mass is 280 g/mol. The van der Waals surface area contributed by atoms with Gasteiger partial charge in [-0.05, 0) is 24.6 Å². The highest BCUT2D eigenvalue weighted by Crippen LogP contribution is 2.13. The van der Waals surface area contributed by atoms with E-state index < -0.39 is 11.6 Å². The summed E-state index contributed by atoms with van der Waals surface area (Å²) in [6, 6.07) is 3.83. The summed E-state index contributed by atoms with van der Waals surface area (Å²) in [5.74, 6) is 0.0480. The second-order valence-corrected chi connectivity index (χ2v) is 5.06. The van der Waals surface area contributed by atoms with Gasteiger partial charge in [-0.25, -0.2) is 18.4 Å². The number of rotatable bonds is 6. The second-order valence-electron chi connectivity index (χ2n) is 5.06. The molecule has 0 aliphatic rings. The number of nitrogens with zero attached hydrogens (tertiary/aromatic N) is 3. The van der Waals surface area contributed by atoms with E-state index in [4.69, 9.17) is 0 Å². The molecule has 1 aromatic heterocycles. The van der Waals surface area contributed by atoms with E-state index >= 15 is 0 Å². The molecule has 0 atom stereocenters. The first-order chi connectivity index (χ1) is 9.58. The molecule has 4 nitrogen and oxygen atoms in total. The molecule has 0 saturated carbocycles. The Morgan fingerprint density at radius 3 is 2.60 bits per heavy atom. The zero-order chi connectivity index (χ0) is 14.5. The van der Waals surface area contributed by atoms with Crippen LogP contribution in [-0.4, -0.2) is 21.3 Å². The predicted octanol–water partition coefficient (Wildman–Crippen LogP) is 2.35. The molecule has 1 heterocycles. The summed E-state index contributed by atoms with van der Waals surface area (Å²) in [4.78, 5) is 4.11. The summed E-state index contributed by atoms with van der Waals surface area (Å²) in [5, 5.41) is 7.26. The minimum atomic E-state index is -0.568. The van der Waals surface area contributed by atoms with Gasteiger partial charge in [-0.1, -0.05) is 19.9 Å². The van der Waals surface area contributed by atoms with E-state index in [2.05, 4.69) is 29.2 Å². The van der Waals surface area contributed by atoms with Crippen LogP contribution in [0.2, 0.25) is 0 Å². The lowest BCUT2D eigenvalue weighted by atomic mass is 10.2. The molecule has 2 rings (SSSR count). The maximum atomic E-state index is 13.6. The first-order valence-electron chi connectivity index (χ1n) is 6.58. The van der Waals surface area contributed by atoms with Gasteiger partial charge in [0.15, 0.2) is 0 Å². The Labute approximate surface area is 116 Å². The SMILES string of the molecule is CC(C)CNCc1ncnn1Cc1c(F)cccc1F. The van der Waals surface area contributed by atoms with Gasteiger partial charge in [-0.15, -0.1) is 0 Å². The average Bonchev–Trinajstić information content (AvgIpc) is 2.81. The van der Waals surface area contributed by atoms with Crippen LogP contribution in [-0.2, 0) is 13.1 Å². The van der Waals surface area contributed by atoms with Gasteiger partial charge in [0, 0.05) is 5.56 Å². The maximum Gasteiger partial charge on any atom is 0.141 e. The molecule has 1 aromatic carbocycles. The van der Waals surface area contributed by atoms with E-state index in [-0.39, 0.29) is 12.1 Å². The van der Waals surface area contributed by atoms with Gasteiger partial charge in [-0.3, -0.25) is 0 Å². The van der Waals surface area contributed by atoms with Gasteiger partial charge in [0.05, 0.1) is 13.1 Å². The first-order valence-corrected chi connectivity index (χ1v) is 6.58. The Bertz CT molecular complexity index is 546. The van der Waals surface area contributed by atoms with E-state index in [1.807, 2.05) is 0 Å². The number of halogens is 2. The largest absolute Gasteiger partial charge is 0.310 e. The quantitative estimate of drug-likeness (QED) is 0.883. The Morgan fingerprint density at radius 2 is 1.95 bits per heavy atom. The first kappa shape index (κ1) is 14.6. The zero-order valence-corrected chi connectivity index (χ0v) is 11.6. The maximum absolute atomic E-state index is 13.6. The molecule has 6 heteroatoms. The molecule has 0 unspecified atom stereocenters. The number of hydrogen-bond acceptors (Lipinski definition) is 3. The van der Waals surface area contributed by atoms with E-state index in [1.165, 1.54) is 29.2 Å². The Kier molecular flexibility index (Phi) is 4.79. The summed E-state index contributed by atoms with van der Waals surface area (Å²) in [5.41, 5.74) is 0.00288. The number of nitrogens with one attached hydrogen (secondary N) is 1. The topological polar surface area (TPSA) is 42.7 Å². The number of aromatic nitrogens is 3. The molecule has 0 spiro atoms. The third-order valence-electron chi connectivity index (χ3n) is 2.90. The summed E-state index contributed by atoms with van der Waals surface area (Å²) in [6.45, 7) is 5.62. The molecule has 0 amide bonds. The van der Waals surface area contributed by atoms with E-state index in [0.29, 0.717) is 18.3 Å². The van der Waals surface area contributed by atoms with Crippen molar-refractivity contribution in [3.05, 3.63) is 47.5 Å². The molecule has 0 saturated heterocycles. The molecule has 2 aromatic rings. The molecule has 0 bridgehead atoms. The third kappa shape index (κ3) is 3.60. The van der Waals surface area contributed by atoms with Gasteiger partial charge in [0.1, 0.15) is 23.8 Å². The highest BCUT2D eigenvalue weighted by Gasteiger charge is 2.12. The standard InChI is InChI=1S/C14H18F2N4/c1-10(2)6-17-7-14-18-9-19-20(14)8-11-12(15)4-3-5-13(11)16/h3-5,9-10,17H,6-8H2,1-2H3. The van der Waals surface area contributed by atoms with Crippen LogP contribution in [0.3, 0.4) is 0 Å². The molecule has 0 aliphatic carbocycles. The van der Waals surface area contributed by atoms with E-state index in [0.717, 1.165) is 6.54 Å². The van der Waals surface area contributed by atoms with Crippen molar-refractivity contribution in [2.45, 2.75) is 26.9 Å². The molecule has 0 fully saturated rings. The summed E-state index contributed by atoms with van der Waals surface area (Å²) in [6.07, 6.45) is 1.39. The summed E-state index contributed by atoms with van der Waals surface area (Å²) in [7, 11) is 0. The van der Waals surface area contributed by atoms with Crippen LogP contribution < -0.4 is 5.32 Å². The third-order valence-corrected chi connectivity index (χ3v) is 2.90. The van der Waals surface area contributed by atoms with Crippen molar-refractivity contribution >= 4 is 0 Å². The second kappa shape index (κ2) is 6.56. The number of hydrogen-bond donors (Lipinski definition) is 1. The highest BCUT2D eigenvalue weighted by atomic mass is 19.1. The molecule has 0 aliphatic heterocycles. The average molecular weight is 280 g/mol. The summed E-state index contributed by atoms with van der Waals surface area (Å²) >= 11 is 0. The van der Waals surface area contributed by atoms with Crippen molar-refractivity contribution in [1.82, 2.24) is 20.1 Å². The van der Waals surface area contributed by atoms with E-state index in [1.54, 1.807) is 0 Å². The Morgan fingerprint density at radius 1 is 1.25 bits per heavy atom. The van der Waals surface area contributed by atoms with Crippen molar-refractivity contribution in [2.24, 2.45) is 5.92 Å². The van der Waals surface area contributed by atoms with Crippen LogP contribution in [0.15, 0.2) is 24.5 Å². The zero-order valence-electron chi connectivity index (χ0n) is 11.6. The normalized spacial score (nSPS) is 11.2.